The quantitative estimate of drug-likeness (QED) is 0.539. The summed E-state index contributed by atoms with van der Waals surface area (Å²) in [5.74, 6) is 0. The van der Waals surface area contributed by atoms with Crippen molar-refractivity contribution < 1.29 is 0 Å². The highest BCUT2D eigenvalue weighted by Gasteiger charge is 1.86. The van der Waals surface area contributed by atoms with Crippen LogP contribution in [0, 0.1) is 6.07 Å². The second-order valence-electron chi connectivity index (χ2n) is 1.39. The maximum absolute atomic E-state index is 4.00. The lowest BCUT2D eigenvalue weighted by Crippen LogP contribution is -1.61. The average Bonchev–Trinajstić information content (AvgIpc) is 1.91. The minimum atomic E-state index is 1.22. The summed E-state index contributed by atoms with van der Waals surface area (Å²) in [6.07, 6.45) is 0. The predicted octanol–water partition coefficient (Wildman–Crippen LogP) is 3.07. The zero-order valence-electron chi connectivity index (χ0n) is 4.57. The average molecular weight is 173 g/mol. The van der Waals surface area contributed by atoms with E-state index < -0.39 is 0 Å². The van der Waals surface area contributed by atoms with E-state index in [1.54, 1.807) is 10.8 Å². The summed E-state index contributed by atoms with van der Waals surface area (Å²) in [5.41, 5.74) is 0. The van der Waals surface area contributed by atoms with Crippen LogP contribution in [0.1, 0.15) is 0 Å². The topological polar surface area (TPSA) is 0 Å². The van der Waals surface area contributed by atoms with E-state index in [0.29, 0.717) is 0 Å². The zero-order chi connectivity index (χ0) is 6.53. The first-order valence-electron chi connectivity index (χ1n) is 2.37. The fourth-order valence-corrected chi connectivity index (χ4v) is 2.17. The molecular weight excluding hydrogens is 168 g/mol. The van der Waals surface area contributed by atoms with Gasteiger partial charge in [0.2, 0.25) is 0 Å². The largest absolute Gasteiger partial charge is 0.0994 e. The maximum Gasteiger partial charge on any atom is 0.0191 e. The molecule has 0 amide bonds. The molecular formula is C6H5S3. The Morgan fingerprint density at radius 2 is 2.00 bits per heavy atom. The summed E-state index contributed by atoms with van der Waals surface area (Å²) in [4.78, 5) is 1.22. The summed E-state index contributed by atoms with van der Waals surface area (Å²) < 4.78 is 0. The van der Waals surface area contributed by atoms with Gasteiger partial charge in [0.05, 0.1) is 0 Å². The van der Waals surface area contributed by atoms with Gasteiger partial charge in [-0.2, -0.15) is 0 Å². The molecule has 0 unspecified atom stereocenters. The molecule has 0 aliphatic carbocycles. The number of rotatable bonds is 2. The van der Waals surface area contributed by atoms with Gasteiger partial charge < -0.3 is 0 Å². The van der Waals surface area contributed by atoms with Crippen LogP contribution in [0.4, 0.5) is 0 Å². The molecule has 0 aromatic heterocycles. The highest BCUT2D eigenvalue weighted by atomic mass is 33.5. The molecule has 0 saturated heterocycles. The second kappa shape index (κ2) is 4.14. The molecule has 1 aromatic rings. The van der Waals surface area contributed by atoms with Crippen LogP contribution >= 0.6 is 32.3 Å². The Labute approximate surface area is 67.6 Å². The molecule has 0 spiro atoms. The molecule has 1 radical (unpaired) electrons. The van der Waals surface area contributed by atoms with Crippen molar-refractivity contribution in [2.24, 2.45) is 0 Å². The first-order valence-corrected chi connectivity index (χ1v) is 5.58. The first kappa shape index (κ1) is 7.38. The van der Waals surface area contributed by atoms with Gasteiger partial charge in [-0.15, -0.1) is 0 Å². The van der Waals surface area contributed by atoms with Gasteiger partial charge in [-0.3, -0.25) is 0 Å². The Balaban J connectivity index is 2.61. The Kier molecular flexibility index (Phi) is 3.40. The molecule has 0 aliphatic rings. The number of hydrogen-bond donors (Lipinski definition) is 1. The van der Waals surface area contributed by atoms with E-state index in [-0.39, 0.29) is 0 Å². The SMILES string of the molecule is SSSc1cc[c]cc1. The van der Waals surface area contributed by atoms with E-state index in [1.165, 1.54) is 14.7 Å². The van der Waals surface area contributed by atoms with Gasteiger partial charge in [0.15, 0.2) is 0 Å². The summed E-state index contributed by atoms with van der Waals surface area (Å²) in [7, 11) is 3.09. The van der Waals surface area contributed by atoms with Gasteiger partial charge in [-0.1, -0.05) is 23.8 Å². The summed E-state index contributed by atoms with van der Waals surface area (Å²) >= 11 is 4.00. The van der Waals surface area contributed by atoms with Crippen LogP contribution in [-0.4, -0.2) is 0 Å². The zero-order valence-corrected chi connectivity index (χ0v) is 7.10. The third-order valence-electron chi connectivity index (χ3n) is 0.821. The molecule has 3 heteroatoms. The summed E-state index contributed by atoms with van der Waals surface area (Å²) in [5, 5.41) is 0. The molecule has 1 aromatic carbocycles. The molecule has 0 heterocycles. The summed E-state index contributed by atoms with van der Waals surface area (Å²) in [6, 6.07) is 10.7. The Bertz CT molecular complexity index is 161. The van der Waals surface area contributed by atoms with Gasteiger partial charge in [0.1, 0.15) is 0 Å². The van der Waals surface area contributed by atoms with Crippen molar-refractivity contribution in [2.45, 2.75) is 4.90 Å². The molecule has 47 valence electrons. The molecule has 0 saturated carbocycles. The lowest BCUT2D eigenvalue weighted by atomic mass is 10.4. The molecule has 0 bridgehead atoms. The van der Waals surface area contributed by atoms with Crippen LogP contribution < -0.4 is 0 Å². The number of benzene rings is 1. The van der Waals surface area contributed by atoms with Gasteiger partial charge in [-0.05, 0) is 38.8 Å². The van der Waals surface area contributed by atoms with E-state index in [1.807, 2.05) is 24.3 Å². The van der Waals surface area contributed by atoms with E-state index in [0.717, 1.165) is 0 Å². The van der Waals surface area contributed by atoms with Crippen molar-refractivity contribution in [3.63, 3.8) is 0 Å². The molecule has 0 fully saturated rings. The fourth-order valence-electron chi connectivity index (χ4n) is 0.470. The second-order valence-corrected chi connectivity index (χ2v) is 4.47. The van der Waals surface area contributed by atoms with Gasteiger partial charge in [0.25, 0.3) is 0 Å². The smallest absolute Gasteiger partial charge is 0.0191 e. The van der Waals surface area contributed by atoms with Gasteiger partial charge >= 0.3 is 0 Å². The van der Waals surface area contributed by atoms with Crippen LogP contribution in [0.5, 0.6) is 0 Å². The fraction of sp³-hybridized carbons (Fsp3) is 0. The Morgan fingerprint density at radius 3 is 2.56 bits per heavy atom. The third kappa shape index (κ3) is 2.56. The molecule has 0 atom stereocenters. The predicted molar refractivity (Wildman–Crippen MR) is 47.7 cm³/mol. The minimum Gasteiger partial charge on any atom is -0.0994 e. The lowest BCUT2D eigenvalue weighted by molar-refractivity contribution is 1.47. The standard InChI is InChI=1S/C6H5S3/c7-9-8-6-4-2-1-3-5-6/h2-5,7H. The van der Waals surface area contributed by atoms with Gasteiger partial charge in [-0.25, -0.2) is 0 Å². The van der Waals surface area contributed by atoms with Crippen molar-refractivity contribution in [3.05, 3.63) is 30.3 Å². The Hall–Kier alpha value is 0.270. The molecule has 0 N–H and O–H groups in total. The van der Waals surface area contributed by atoms with E-state index in [2.05, 4.69) is 17.7 Å². The van der Waals surface area contributed by atoms with Crippen molar-refractivity contribution in [2.75, 3.05) is 0 Å². The van der Waals surface area contributed by atoms with Crippen LogP contribution in [0.25, 0.3) is 0 Å². The van der Waals surface area contributed by atoms with Crippen LogP contribution in [0.3, 0.4) is 0 Å². The van der Waals surface area contributed by atoms with Crippen molar-refractivity contribution in [1.82, 2.24) is 0 Å². The molecule has 0 aliphatic heterocycles. The summed E-state index contributed by atoms with van der Waals surface area (Å²) in [6.45, 7) is 0. The maximum atomic E-state index is 4.00. The highest BCUT2D eigenvalue weighted by molar-refractivity contribution is 9.05. The van der Waals surface area contributed by atoms with Crippen molar-refractivity contribution in [3.8, 4) is 0 Å². The van der Waals surface area contributed by atoms with Crippen molar-refractivity contribution >= 4 is 32.3 Å². The van der Waals surface area contributed by atoms with E-state index in [9.17, 15) is 0 Å². The van der Waals surface area contributed by atoms with E-state index >= 15 is 0 Å². The molecule has 0 nitrogen and oxygen atoms in total. The minimum absolute atomic E-state index is 1.22. The van der Waals surface area contributed by atoms with Crippen LogP contribution in [0.15, 0.2) is 29.2 Å². The third-order valence-corrected chi connectivity index (χ3v) is 2.83. The monoisotopic (exact) mass is 173 g/mol. The van der Waals surface area contributed by atoms with Crippen LogP contribution in [0.2, 0.25) is 0 Å². The molecule has 9 heavy (non-hydrogen) atoms. The lowest BCUT2D eigenvalue weighted by Gasteiger charge is -1.91. The van der Waals surface area contributed by atoms with Crippen molar-refractivity contribution in [1.29, 1.82) is 0 Å². The highest BCUT2D eigenvalue weighted by Crippen LogP contribution is 2.32. The first-order chi connectivity index (χ1) is 4.43. The Morgan fingerprint density at radius 1 is 1.33 bits per heavy atom. The molecule has 1 rings (SSSR count). The van der Waals surface area contributed by atoms with Gasteiger partial charge in [0, 0.05) is 4.90 Å². The number of hydrogen-bond acceptors (Lipinski definition) is 3. The normalized spacial score (nSPS) is 9.44. The number of thiol groups is 1. The van der Waals surface area contributed by atoms with Crippen LogP contribution in [-0.2, 0) is 0 Å². The van der Waals surface area contributed by atoms with E-state index in [4.69, 9.17) is 0 Å².